The number of aromatic amines is 1. The van der Waals surface area contributed by atoms with E-state index in [4.69, 9.17) is 0 Å². The maximum absolute atomic E-state index is 13.3. The fourth-order valence-corrected chi connectivity index (χ4v) is 7.97. The van der Waals surface area contributed by atoms with Gasteiger partial charge in [-0.1, -0.05) is 24.6 Å². The second kappa shape index (κ2) is 7.76. The van der Waals surface area contributed by atoms with Gasteiger partial charge in [-0.05, 0) is 78.9 Å². The number of carbonyl (C=O) groups is 2. The molecule has 5 aliphatic rings. The minimum absolute atomic E-state index is 0.00837. The smallest absolute Gasteiger partial charge is 0.254 e. The van der Waals surface area contributed by atoms with Crippen LogP contribution in [0.5, 0.6) is 0 Å². The SMILES string of the molecule is CC12C=C3CC(C1)CC(CC(=O)Nc1ncnc4c1CCN(C(=O)c1ccc5cc[nH]c5c1)C4)(C3)C2. The van der Waals surface area contributed by atoms with Gasteiger partial charge in [-0.3, -0.25) is 9.59 Å². The molecule has 1 aliphatic heterocycles. The van der Waals surface area contributed by atoms with E-state index in [0.29, 0.717) is 37.3 Å². The molecule has 7 heteroatoms. The van der Waals surface area contributed by atoms with Crippen LogP contribution in [0, 0.1) is 16.7 Å². The van der Waals surface area contributed by atoms with Gasteiger partial charge < -0.3 is 15.2 Å². The lowest BCUT2D eigenvalue weighted by Crippen LogP contribution is -2.47. The van der Waals surface area contributed by atoms with E-state index >= 15 is 0 Å². The molecule has 8 rings (SSSR count). The average molecular weight is 482 g/mol. The van der Waals surface area contributed by atoms with Gasteiger partial charge in [0.15, 0.2) is 0 Å². The number of fused-ring (bicyclic) bond motifs is 2. The van der Waals surface area contributed by atoms with Crippen LogP contribution in [0.3, 0.4) is 0 Å². The molecule has 4 bridgehead atoms. The van der Waals surface area contributed by atoms with Crippen LogP contribution >= 0.6 is 0 Å². The molecule has 2 aromatic heterocycles. The van der Waals surface area contributed by atoms with E-state index in [9.17, 15) is 9.59 Å². The summed E-state index contributed by atoms with van der Waals surface area (Å²) in [5, 5.41) is 4.22. The summed E-state index contributed by atoms with van der Waals surface area (Å²) >= 11 is 0. The Labute approximate surface area is 210 Å². The monoisotopic (exact) mass is 481 g/mol. The Bertz CT molecular complexity index is 1440. The Morgan fingerprint density at radius 1 is 1.22 bits per heavy atom. The largest absolute Gasteiger partial charge is 0.361 e. The first-order chi connectivity index (χ1) is 17.4. The summed E-state index contributed by atoms with van der Waals surface area (Å²) in [6.45, 7) is 3.36. The van der Waals surface area contributed by atoms with Crippen molar-refractivity contribution < 1.29 is 9.59 Å². The number of hydrogen-bond donors (Lipinski definition) is 2. The van der Waals surface area contributed by atoms with Crippen LogP contribution in [0.15, 0.2) is 48.4 Å². The number of nitrogens with one attached hydrogen (secondary N) is 2. The Morgan fingerprint density at radius 2 is 2.14 bits per heavy atom. The molecule has 3 aromatic rings. The van der Waals surface area contributed by atoms with Crippen molar-refractivity contribution in [1.29, 1.82) is 0 Å². The molecule has 7 nitrogen and oxygen atoms in total. The summed E-state index contributed by atoms with van der Waals surface area (Å²) in [5.74, 6) is 1.39. The molecule has 3 atom stereocenters. The zero-order valence-corrected chi connectivity index (χ0v) is 20.6. The Balaban J connectivity index is 1.06. The molecule has 3 heterocycles. The maximum Gasteiger partial charge on any atom is 0.254 e. The van der Waals surface area contributed by atoms with E-state index < -0.39 is 0 Å². The third-order valence-corrected chi connectivity index (χ3v) is 8.85. The number of carbonyl (C=O) groups excluding carboxylic acids is 2. The topological polar surface area (TPSA) is 91.0 Å². The molecule has 4 aliphatic carbocycles. The molecule has 2 amide bonds. The van der Waals surface area contributed by atoms with E-state index in [0.717, 1.165) is 40.9 Å². The van der Waals surface area contributed by atoms with E-state index in [1.807, 2.05) is 35.4 Å². The molecule has 0 spiro atoms. The summed E-state index contributed by atoms with van der Waals surface area (Å²) < 4.78 is 0. The summed E-state index contributed by atoms with van der Waals surface area (Å²) in [5.41, 5.74) is 5.32. The molecule has 2 N–H and O–H groups in total. The first kappa shape index (κ1) is 21.8. The van der Waals surface area contributed by atoms with E-state index in [-0.39, 0.29) is 22.6 Å². The van der Waals surface area contributed by atoms with Crippen LogP contribution in [0.4, 0.5) is 5.82 Å². The molecule has 3 unspecified atom stereocenters. The number of H-pyrrole nitrogens is 1. The van der Waals surface area contributed by atoms with Gasteiger partial charge in [0.25, 0.3) is 5.91 Å². The molecule has 0 radical (unpaired) electrons. The fraction of sp³-hybridized carbons (Fsp3) is 0.448. The van der Waals surface area contributed by atoms with Crippen molar-refractivity contribution in [1.82, 2.24) is 19.9 Å². The van der Waals surface area contributed by atoms with Crippen LogP contribution in [0.25, 0.3) is 10.9 Å². The normalized spacial score (nSPS) is 28.2. The van der Waals surface area contributed by atoms with Crippen molar-refractivity contribution in [3.63, 3.8) is 0 Å². The van der Waals surface area contributed by atoms with Gasteiger partial charge in [-0.25, -0.2) is 9.97 Å². The Hall–Kier alpha value is -3.48. The summed E-state index contributed by atoms with van der Waals surface area (Å²) in [7, 11) is 0. The quantitative estimate of drug-likeness (QED) is 0.513. The Kier molecular flexibility index (Phi) is 4.69. The van der Waals surface area contributed by atoms with Crippen LogP contribution in [0.1, 0.15) is 67.1 Å². The predicted octanol–water partition coefficient (Wildman–Crippen LogP) is 5.01. The lowest BCUT2D eigenvalue weighted by Gasteiger charge is -2.57. The first-order valence-corrected chi connectivity index (χ1v) is 13.1. The van der Waals surface area contributed by atoms with Crippen molar-refractivity contribution in [2.24, 2.45) is 16.7 Å². The van der Waals surface area contributed by atoms with Gasteiger partial charge in [0.2, 0.25) is 5.91 Å². The van der Waals surface area contributed by atoms with Gasteiger partial charge in [0, 0.05) is 35.8 Å². The number of aromatic nitrogens is 3. The van der Waals surface area contributed by atoms with Crippen LogP contribution in [-0.4, -0.2) is 38.2 Å². The summed E-state index contributed by atoms with van der Waals surface area (Å²) in [6.07, 6.45) is 12.9. The first-order valence-electron chi connectivity index (χ1n) is 13.1. The van der Waals surface area contributed by atoms with Gasteiger partial charge >= 0.3 is 0 Å². The third-order valence-electron chi connectivity index (χ3n) is 8.85. The zero-order chi connectivity index (χ0) is 24.5. The number of anilines is 1. The van der Waals surface area contributed by atoms with Gasteiger partial charge in [-0.15, -0.1) is 0 Å². The van der Waals surface area contributed by atoms with Crippen LogP contribution in [0.2, 0.25) is 0 Å². The highest BCUT2D eigenvalue weighted by Crippen LogP contribution is 2.63. The third kappa shape index (κ3) is 3.64. The number of rotatable bonds is 4. The van der Waals surface area contributed by atoms with Crippen molar-refractivity contribution in [3.8, 4) is 0 Å². The number of allylic oxidation sites excluding steroid dienone is 2. The predicted molar refractivity (Wildman–Crippen MR) is 137 cm³/mol. The number of benzene rings is 1. The van der Waals surface area contributed by atoms with Crippen LogP contribution < -0.4 is 5.32 Å². The van der Waals surface area contributed by atoms with E-state index in [2.05, 4.69) is 33.3 Å². The highest BCUT2D eigenvalue weighted by molar-refractivity contribution is 5.98. The fourth-order valence-electron chi connectivity index (χ4n) is 7.97. The highest BCUT2D eigenvalue weighted by atomic mass is 16.2. The second-order valence-corrected chi connectivity index (χ2v) is 11.9. The molecular weight excluding hydrogens is 450 g/mol. The lowest BCUT2D eigenvalue weighted by atomic mass is 9.48. The highest BCUT2D eigenvalue weighted by Gasteiger charge is 2.52. The molecule has 184 valence electrons. The van der Waals surface area contributed by atoms with Gasteiger partial charge in [-0.2, -0.15) is 0 Å². The van der Waals surface area contributed by atoms with Crippen molar-refractivity contribution in [2.75, 3.05) is 11.9 Å². The summed E-state index contributed by atoms with van der Waals surface area (Å²) in [4.78, 5) is 40.4. The lowest BCUT2D eigenvalue weighted by molar-refractivity contribution is -0.121. The minimum atomic E-state index is -0.00837. The van der Waals surface area contributed by atoms with E-state index in [1.165, 1.54) is 25.6 Å². The molecule has 2 fully saturated rings. The van der Waals surface area contributed by atoms with Crippen molar-refractivity contribution >= 4 is 28.5 Å². The molecule has 36 heavy (non-hydrogen) atoms. The minimum Gasteiger partial charge on any atom is -0.361 e. The number of amides is 2. The summed E-state index contributed by atoms with van der Waals surface area (Å²) in [6, 6.07) is 7.74. The molecule has 2 saturated carbocycles. The van der Waals surface area contributed by atoms with Gasteiger partial charge in [0.1, 0.15) is 12.1 Å². The average Bonchev–Trinajstić information content (AvgIpc) is 3.29. The molecular formula is C29H31N5O2. The molecule has 0 saturated heterocycles. The van der Waals surface area contributed by atoms with Crippen molar-refractivity contribution in [2.45, 2.75) is 58.4 Å². The zero-order valence-electron chi connectivity index (χ0n) is 20.6. The standard InChI is InChI=1S/C29H31N5O2/c1-28-10-18-8-19(11-28)13-29(12-18,16-28)14-25(35)33-26-22-5-7-34(15-24(22)31-17-32-26)27(36)21-3-2-20-4-6-30-23(20)9-21/h2-4,6,9-10,17,19,30H,5,7-8,11-16H2,1H3,(H,31,32,33,35). The number of hydrogen-bond acceptors (Lipinski definition) is 4. The Morgan fingerprint density at radius 3 is 3.00 bits per heavy atom. The maximum atomic E-state index is 13.3. The van der Waals surface area contributed by atoms with E-state index in [1.54, 1.807) is 5.57 Å². The van der Waals surface area contributed by atoms with Crippen molar-refractivity contribution in [3.05, 3.63) is 65.3 Å². The second-order valence-electron chi connectivity index (χ2n) is 11.9. The van der Waals surface area contributed by atoms with Crippen LogP contribution in [-0.2, 0) is 17.8 Å². The van der Waals surface area contributed by atoms with Gasteiger partial charge in [0.05, 0.1) is 12.2 Å². The molecule has 1 aromatic carbocycles. The number of nitrogens with zero attached hydrogens (tertiary/aromatic N) is 3.